The summed E-state index contributed by atoms with van der Waals surface area (Å²) in [4.78, 5) is 36.2. The fourth-order valence-electron chi connectivity index (χ4n) is 3.40. The van der Waals surface area contributed by atoms with E-state index in [1.165, 1.54) is 11.1 Å². The van der Waals surface area contributed by atoms with Crippen LogP contribution >= 0.6 is 0 Å². The Labute approximate surface area is 171 Å². The molecule has 5 heteroatoms. The quantitative estimate of drug-likeness (QED) is 0.666. The molecule has 0 aromatic heterocycles. The van der Waals surface area contributed by atoms with E-state index in [1.54, 1.807) is 0 Å². The number of carbonyl (C=O) groups is 3. The molecule has 2 N–H and O–H groups in total. The number of amides is 2. The molecule has 1 aliphatic rings. The van der Waals surface area contributed by atoms with Crippen LogP contribution in [0.5, 0.6) is 0 Å². The highest BCUT2D eigenvalue weighted by atomic mass is 16.2. The highest BCUT2D eigenvalue weighted by Crippen LogP contribution is 2.23. The Kier molecular flexibility index (Phi) is 6.81. The maximum absolute atomic E-state index is 12.4. The van der Waals surface area contributed by atoms with Gasteiger partial charge in [0.2, 0.25) is 11.8 Å². The zero-order valence-electron chi connectivity index (χ0n) is 17.1. The highest BCUT2D eigenvalue weighted by Gasteiger charge is 2.15. The van der Waals surface area contributed by atoms with Gasteiger partial charge >= 0.3 is 0 Å². The number of anilines is 1. The summed E-state index contributed by atoms with van der Waals surface area (Å²) in [7, 11) is 0. The predicted octanol–water partition coefficient (Wildman–Crippen LogP) is 4.05. The van der Waals surface area contributed by atoms with E-state index in [0.29, 0.717) is 12.1 Å². The van der Waals surface area contributed by atoms with Gasteiger partial charge in [0.15, 0.2) is 5.78 Å². The number of nitrogens with one attached hydrogen (secondary N) is 2. The van der Waals surface area contributed by atoms with Gasteiger partial charge in [-0.3, -0.25) is 14.4 Å². The lowest BCUT2D eigenvalue weighted by atomic mass is 10.0. The van der Waals surface area contributed by atoms with E-state index in [2.05, 4.69) is 10.6 Å². The zero-order chi connectivity index (χ0) is 20.8. The molecule has 1 aliphatic carbocycles. The van der Waals surface area contributed by atoms with E-state index in [-0.39, 0.29) is 36.4 Å². The number of aryl methyl sites for hydroxylation is 2. The first kappa shape index (κ1) is 20.8. The van der Waals surface area contributed by atoms with Crippen molar-refractivity contribution in [2.24, 2.45) is 5.92 Å². The van der Waals surface area contributed by atoms with Crippen LogP contribution in [0.4, 0.5) is 5.69 Å². The molecule has 152 valence electrons. The molecule has 5 nitrogen and oxygen atoms in total. The van der Waals surface area contributed by atoms with E-state index in [0.717, 1.165) is 30.5 Å². The zero-order valence-corrected chi connectivity index (χ0v) is 17.1. The molecule has 0 bridgehead atoms. The van der Waals surface area contributed by atoms with Gasteiger partial charge in [-0.05, 0) is 54.2 Å². The van der Waals surface area contributed by atoms with Gasteiger partial charge in [-0.1, -0.05) is 38.1 Å². The molecule has 2 amide bonds. The van der Waals surface area contributed by atoms with Gasteiger partial charge in [0.05, 0.1) is 0 Å². The summed E-state index contributed by atoms with van der Waals surface area (Å²) in [5.41, 5.74) is 4.99. The molecular formula is C24H28N2O3. The fraction of sp³-hybridized carbons (Fsp3) is 0.375. The van der Waals surface area contributed by atoms with Crippen LogP contribution < -0.4 is 10.6 Å². The topological polar surface area (TPSA) is 75.3 Å². The summed E-state index contributed by atoms with van der Waals surface area (Å²) in [5.74, 6) is -0.232. The maximum Gasteiger partial charge on any atom is 0.226 e. The molecular weight excluding hydrogens is 364 g/mol. The highest BCUT2D eigenvalue weighted by molar-refractivity contribution is 5.98. The number of rotatable bonds is 8. The number of benzene rings is 2. The molecule has 2 aromatic rings. The first-order valence-electron chi connectivity index (χ1n) is 10.2. The maximum atomic E-state index is 12.4. The normalized spacial score (nSPS) is 12.5. The average molecular weight is 392 g/mol. The molecule has 0 saturated carbocycles. The standard InChI is InChI=1S/C24H28N2O3/c1-16(2)24(29)26-21-10-6-17(7-11-21)15-25-23(28)13-12-22(27)20-9-8-18-4-3-5-19(18)14-20/h6-11,14,16H,3-5,12-13,15H2,1-2H3,(H,25,28)(H,26,29). The van der Waals surface area contributed by atoms with Crippen molar-refractivity contribution in [1.29, 1.82) is 0 Å². The number of fused-ring (bicyclic) bond motifs is 1. The lowest BCUT2D eigenvalue weighted by Gasteiger charge is -2.09. The Morgan fingerprint density at radius 2 is 1.66 bits per heavy atom. The molecule has 3 rings (SSSR count). The second kappa shape index (κ2) is 9.50. The number of hydrogen-bond acceptors (Lipinski definition) is 3. The van der Waals surface area contributed by atoms with Crippen LogP contribution in [0.3, 0.4) is 0 Å². The first-order valence-corrected chi connectivity index (χ1v) is 10.2. The monoisotopic (exact) mass is 392 g/mol. The van der Waals surface area contributed by atoms with Crippen molar-refractivity contribution in [2.75, 3.05) is 5.32 Å². The van der Waals surface area contributed by atoms with E-state index in [4.69, 9.17) is 0 Å². The van der Waals surface area contributed by atoms with Gasteiger partial charge < -0.3 is 10.6 Å². The van der Waals surface area contributed by atoms with Crippen molar-refractivity contribution in [3.8, 4) is 0 Å². The molecule has 0 atom stereocenters. The van der Waals surface area contributed by atoms with E-state index in [1.807, 2.05) is 56.3 Å². The third-order valence-electron chi connectivity index (χ3n) is 5.24. The van der Waals surface area contributed by atoms with Gasteiger partial charge in [0, 0.05) is 36.6 Å². The van der Waals surface area contributed by atoms with Crippen LogP contribution in [0.15, 0.2) is 42.5 Å². The van der Waals surface area contributed by atoms with Gasteiger partial charge in [-0.15, -0.1) is 0 Å². The summed E-state index contributed by atoms with van der Waals surface area (Å²) in [6.07, 6.45) is 3.68. The lowest BCUT2D eigenvalue weighted by molar-refractivity contribution is -0.121. The van der Waals surface area contributed by atoms with Gasteiger partial charge in [0.1, 0.15) is 0 Å². The minimum atomic E-state index is -0.142. The van der Waals surface area contributed by atoms with Crippen molar-refractivity contribution in [3.63, 3.8) is 0 Å². The van der Waals surface area contributed by atoms with Crippen LogP contribution in [0, 0.1) is 5.92 Å². The smallest absolute Gasteiger partial charge is 0.226 e. The molecule has 0 aliphatic heterocycles. The fourth-order valence-corrected chi connectivity index (χ4v) is 3.40. The Morgan fingerprint density at radius 3 is 2.38 bits per heavy atom. The summed E-state index contributed by atoms with van der Waals surface area (Å²) in [6.45, 7) is 4.08. The van der Waals surface area contributed by atoms with Crippen LogP contribution in [0.1, 0.15) is 60.2 Å². The minimum absolute atomic E-state index is 0.0140. The van der Waals surface area contributed by atoms with Crippen molar-refractivity contribution in [3.05, 3.63) is 64.7 Å². The Hall–Kier alpha value is -2.95. The summed E-state index contributed by atoms with van der Waals surface area (Å²) in [6, 6.07) is 13.3. The molecule has 29 heavy (non-hydrogen) atoms. The van der Waals surface area contributed by atoms with Crippen molar-refractivity contribution >= 4 is 23.3 Å². The Morgan fingerprint density at radius 1 is 0.931 bits per heavy atom. The van der Waals surface area contributed by atoms with Crippen LogP contribution in [0.25, 0.3) is 0 Å². The number of Topliss-reactive ketones (excluding diaryl/α,β-unsaturated/α-hetero) is 1. The molecule has 2 aromatic carbocycles. The number of hydrogen-bond donors (Lipinski definition) is 2. The molecule has 0 saturated heterocycles. The second-order valence-electron chi connectivity index (χ2n) is 7.88. The van der Waals surface area contributed by atoms with Crippen molar-refractivity contribution in [2.45, 2.75) is 52.5 Å². The van der Waals surface area contributed by atoms with Crippen LogP contribution in [-0.2, 0) is 29.0 Å². The second-order valence-corrected chi connectivity index (χ2v) is 7.88. The van der Waals surface area contributed by atoms with Gasteiger partial charge in [-0.2, -0.15) is 0 Å². The van der Waals surface area contributed by atoms with E-state index in [9.17, 15) is 14.4 Å². The average Bonchev–Trinajstić information content (AvgIpc) is 3.19. The van der Waals surface area contributed by atoms with Crippen LogP contribution in [0.2, 0.25) is 0 Å². The largest absolute Gasteiger partial charge is 0.352 e. The van der Waals surface area contributed by atoms with Gasteiger partial charge in [-0.25, -0.2) is 0 Å². The summed E-state index contributed by atoms with van der Waals surface area (Å²) in [5, 5.41) is 5.68. The molecule has 0 heterocycles. The van der Waals surface area contributed by atoms with Gasteiger partial charge in [0.25, 0.3) is 0 Å². The van der Waals surface area contributed by atoms with E-state index < -0.39 is 0 Å². The first-order chi connectivity index (χ1) is 13.9. The molecule has 0 fully saturated rings. The molecule has 0 radical (unpaired) electrons. The van der Waals surface area contributed by atoms with Crippen molar-refractivity contribution < 1.29 is 14.4 Å². The van der Waals surface area contributed by atoms with Crippen LogP contribution in [-0.4, -0.2) is 17.6 Å². The lowest BCUT2D eigenvalue weighted by Crippen LogP contribution is -2.23. The SMILES string of the molecule is CC(C)C(=O)Nc1ccc(CNC(=O)CCC(=O)c2ccc3c(c2)CCC3)cc1. The molecule has 0 unspecified atom stereocenters. The van der Waals surface area contributed by atoms with Crippen molar-refractivity contribution in [1.82, 2.24) is 5.32 Å². The summed E-state index contributed by atoms with van der Waals surface area (Å²) < 4.78 is 0. The number of ketones is 1. The minimum Gasteiger partial charge on any atom is -0.352 e. The Bertz CT molecular complexity index is 901. The molecule has 0 spiro atoms. The predicted molar refractivity (Wildman–Crippen MR) is 114 cm³/mol. The Balaban J connectivity index is 1.43. The third-order valence-corrected chi connectivity index (χ3v) is 5.24. The van der Waals surface area contributed by atoms with E-state index >= 15 is 0 Å². The third kappa shape index (κ3) is 5.76. The summed E-state index contributed by atoms with van der Waals surface area (Å²) >= 11 is 0. The number of carbonyl (C=O) groups excluding carboxylic acids is 3.